The van der Waals surface area contributed by atoms with E-state index in [1.54, 1.807) is 0 Å². The van der Waals surface area contributed by atoms with Gasteiger partial charge in [-0.15, -0.1) is 0 Å². The number of aromatic amines is 1. The molecule has 2 atom stereocenters. The van der Waals surface area contributed by atoms with Crippen molar-refractivity contribution in [1.82, 2.24) is 20.4 Å². The smallest absolute Gasteiger partial charge is 0.317 e. The average molecular weight is 278 g/mol. The fraction of sp³-hybridized carbons (Fsp3) is 0.733. The molecule has 5 nitrogen and oxygen atoms in total. The van der Waals surface area contributed by atoms with Gasteiger partial charge in [-0.25, -0.2) is 4.79 Å². The number of H-pyrrole nitrogens is 1. The molecule has 0 aromatic carbocycles. The highest BCUT2D eigenvalue weighted by Gasteiger charge is 2.22. The van der Waals surface area contributed by atoms with Crippen LogP contribution in [0.1, 0.15) is 43.6 Å². The molecule has 2 heterocycles. The first-order valence-electron chi connectivity index (χ1n) is 7.50. The lowest BCUT2D eigenvalue weighted by molar-refractivity contribution is 0.193. The second-order valence-electron chi connectivity index (χ2n) is 6.25. The maximum Gasteiger partial charge on any atom is 0.317 e. The Morgan fingerprint density at radius 3 is 2.80 bits per heavy atom. The number of amides is 2. The Balaban J connectivity index is 1.91. The zero-order valence-electron chi connectivity index (χ0n) is 13.0. The predicted molar refractivity (Wildman–Crippen MR) is 79.4 cm³/mol. The van der Waals surface area contributed by atoms with E-state index >= 15 is 0 Å². The molecule has 1 aliphatic heterocycles. The van der Waals surface area contributed by atoms with Gasteiger partial charge in [0, 0.05) is 30.9 Å². The molecule has 1 aromatic heterocycles. The Morgan fingerprint density at radius 2 is 2.15 bits per heavy atom. The molecule has 2 rings (SSSR count). The van der Waals surface area contributed by atoms with E-state index in [4.69, 9.17) is 0 Å². The maximum atomic E-state index is 12.3. The van der Waals surface area contributed by atoms with E-state index in [2.05, 4.69) is 29.4 Å². The van der Waals surface area contributed by atoms with Crippen molar-refractivity contribution in [1.29, 1.82) is 0 Å². The third kappa shape index (κ3) is 3.52. The summed E-state index contributed by atoms with van der Waals surface area (Å²) in [7, 11) is 0. The first-order valence-corrected chi connectivity index (χ1v) is 7.50. The largest absolute Gasteiger partial charge is 0.334 e. The normalized spacial score (nSPS) is 23.5. The van der Waals surface area contributed by atoms with Crippen LogP contribution in [0.4, 0.5) is 4.79 Å². The van der Waals surface area contributed by atoms with Crippen LogP contribution < -0.4 is 5.32 Å². The number of aromatic nitrogens is 2. The monoisotopic (exact) mass is 278 g/mol. The Kier molecular flexibility index (Phi) is 4.68. The number of carbonyl (C=O) groups excluding carboxylic acids is 1. The predicted octanol–water partition coefficient (Wildman–Crippen LogP) is 2.60. The summed E-state index contributed by atoms with van der Waals surface area (Å²) in [6.45, 7) is 10.7. The van der Waals surface area contributed by atoms with E-state index in [9.17, 15) is 4.79 Å². The summed E-state index contributed by atoms with van der Waals surface area (Å²) in [6, 6.07) is 0.0472. The Labute approximate surface area is 121 Å². The van der Waals surface area contributed by atoms with E-state index in [1.807, 2.05) is 18.7 Å². The van der Waals surface area contributed by atoms with E-state index < -0.39 is 0 Å². The van der Waals surface area contributed by atoms with Crippen LogP contribution in [0.3, 0.4) is 0 Å². The number of rotatable bonds is 2. The third-order valence-corrected chi connectivity index (χ3v) is 4.21. The lowest BCUT2D eigenvalue weighted by Crippen LogP contribution is -2.41. The van der Waals surface area contributed by atoms with Crippen LogP contribution in [0.2, 0.25) is 0 Å². The molecule has 1 aliphatic rings. The summed E-state index contributed by atoms with van der Waals surface area (Å²) in [6.07, 6.45) is 2.31. The number of carbonyl (C=O) groups is 1. The fourth-order valence-corrected chi connectivity index (χ4v) is 3.02. The van der Waals surface area contributed by atoms with Crippen LogP contribution in [0.5, 0.6) is 0 Å². The van der Waals surface area contributed by atoms with E-state index in [1.165, 1.54) is 6.42 Å². The molecule has 2 amide bonds. The molecule has 0 radical (unpaired) electrons. The van der Waals surface area contributed by atoms with Gasteiger partial charge < -0.3 is 10.2 Å². The first-order chi connectivity index (χ1) is 9.47. The topological polar surface area (TPSA) is 61.0 Å². The third-order valence-electron chi connectivity index (χ3n) is 4.21. The Morgan fingerprint density at radius 1 is 1.40 bits per heavy atom. The molecule has 0 aliphatic carbocycles. The van der Waals surface area contributed by atoms with Crippen molar-refractivity contribution in [2.24, 2.45) is 11.8 Å². The van der Waals surface area contributed by atoms with Gasteiger partial charge in [0.2, 0.25) is 0 Å². The summed E-state index contributed by atoms with van der Waals surface area (Å²) < 4.78 is 0. The highest BCUT2D eigenvalue weighted by Crippen LogP contribution is 2.21. The van der Waals surface area contributed by atoms with Crippen LogP contribution >= 0.6 is 0 Å². The number of nitrogens with one attached hydrogen (secondary N) is 2. The Hall–Kier alpha value is -1.52. The number of likely N-dealkylation sites (tertiary alicyclic amines) is 1. The molecule has 2 unspecified atom stereocenters. The van der Waals surface area contributed by atoms with Gasteiger partial charge in [-0.05, 0) is 38.5 Å². The van der Waals surface area contributed by atoms with Gasteiger partial charge in [-0.2, -0.15) is 5.10 Å². The number of hydrogen-bond donors (Lipinski definition) is 2. The van der Waals surface area contributed by atoms with Crippen molar-refractivity contribution in [3.8, 4) is 0 Å². The van der Waals surface area contributed by atoms with Crippen LogP contribution in [0.25, 0.3) is 0 Å². The zero-order chi connectivity index (χ0) is 14.7. The summed E-state index contributed by atoms with van der Waals surface area (Å²) >= 11 is 0. The van der Waals surface area contributed by atoms with E-state index in [-0.39, 0.29) is 6.03 Å². The van der Waals surface area contributed by atoms with Crippen molar-refractivity contribution in [2.75, 3.05) is 13.1 Å². The molecule has 2 N–H and O–H groups in total. The minimum absolute atomic E-state index is 0.0472. The molecule has 1 saturated heterocycles. The molecule has 1 aromatic rings. The number of hydrogen-bond acceptors (Lipinski definition) is 2. The quantitative estimate of drug-likeness (QED) is 0.873. The van der Waals surface area contributed by atoms with Crippen molar-refractivity contribution in [2.45, 2.75) is 47.1 Å². The summed E-state index contributed by atoms with van der Waals surface area (Å²) in [4.78, 5) is 14.3. The summed E-state index contributed by atoms with van der Waals surface area (Å²) in [5.41, 5.74) is 3.08. The molecule has 0 bridgehead atoms. The van der Waals surface area contributed by atoms with E-state index in [0.717, 1.165) is 36.5 Å². The van der Waals surface area contributed by atoms with E-state index in [0.29, 0.717) is 18.4 Å². The molecule has 0 saturated carbocycles. The number of nitrogens with zero attached hydrogens (tertiary/aromatic N) is 2. The lowest BCUT2D eigenvalue weighted by atomic mass is 9.97. The maximum absolute atomic E-state index is 12.3. The van der Waals surface area contributed by atoms with Gasteiger partial charge in [0.25, 0.3) is 0 Å². The van der Waals surface area contributed by atoms with Crippen LogP contribution in [0, 0.1) is 25.7 Å². The molecule has 5 heteroatoms. The molecule has 0 spiro atoms. The molecule has 1 fully saturated rings. The summed E-state index contributed by atoms with van der Waals surface area (Å²) in [5, 5.41) is 10.1. The molecular weight excluding hydrogens is 252 g/mol. The van der Waals surface area contributed by atoms with Gasteiger partial charge >= 0.3 is 6.03 Å². The molecular formula is C15H26N4O. The lowest BCUT2D eigenvalue weighted by Gasteiger charge is -2.23. The van der Waals surface area contributed by atoms with Crippen LogP contribution in [-0.4, -0.2) is 34.2 Å². The van der Waals surface area contributed by atoms with Crippen molar-refractivity contribution < 1.29 is 4.79 Å². The van der Waals surface area contributed by atoms with Gasteiger partial charge in [0.1, 0.15) is 0 Å². The minimum Gasteiger partial charge on any atom is -0.334 e. The summed E-state index contributed by atoms with van der Waals surface area (Å²) in [5.74, 6) is 1.29. The first kappa shape index (κ1) is 14.9. The van der Waals surface area contributed by atoms with Gasteiger partial charge in [0.05, 0.1) is 5.69 Å². The average Bonchev–Trinajstić information content (AvgIpc) is 2.59. The van der Waals surface area contributed by atoms with Gasteiger partial charge in [-0.3, -0.25) is 5.10 Å². The highest BCUT2D eigenvalue weighted by atomic mass is 16.2. The number of urea groups is 1. The SMILES string of the molecule is Cc1n[nH]c(C)c1CNC(=O)N1CCC(C)CC(C)C1. The fourth-order valence-electron chi connectivity index (χ4n) is 3.02. The standard InChI is InChI=1S/C15H26N4O/c1-10-5-6-19(9-11(2)7-10)15(20)16-8-14-12(3)17-18-13(14)4/h10-11H,5-9H2,1-4H3,(H,16,20)(H,17,18). The van der Waals surface area contributed by atoms with Crippen molar-refractivity contribution in [3.05, 3.63) is 17.0 Å². The molecule has 20 heavy (non-hydrogen) atoms. The Bertz CT molecular complexity index is 449. The minimum atomic E-state index is 0.0472. The van der Waals surface area contributed by atoms with Crippen molar-refractivity contribution in [3.63, 3.8) is 0 Å². The van der Waals surface area contributed by atoms with Crippen LogP contribution in [0.15, 0.2) is 0 Å². The number of aryl methyl sites for hydroxylation is 2. The van der Waals surface area contributed by atoms with Gasteiger partial charge in [0.15, 0.2) is 0 Å². The second kappa shape index (κ2) is 6.29. The second-order valence-corrected chi connectivity index (χ2v) is 6.25. The zero-order valence-corrected chi connectivity index (χ0v) is 13.0. The van der Waals surface area contributed by atoms with Gasteiger partial charge in [-0.1, -0.05) is 13.8 Å². The molecule has 112 valence electrons. The highest BCUT2D eigenvalue weighted by molar-refractivity contribution is 5.74. The van der Waals surface area contributed by atoms with Crippen LogP contribution in [-0.2, 0) is 6.54 Å². The van der Waals surface area contributed by atoms with Crippen molar-refractivity contribution >= 4 is 6.03 Å².